The number of fused-ring (bicyclic) bond motifs is 1. The van der Waals surface area contributed by atoms with Crippen LogP contribution in [0.5, 0.6) is 0 Å². The van der Waals surface area contributed by atoms with Crippen LogP contribution in [0.1, 0.15) is 30.2 Å². The first-order valence-corrected chi connectivity index (χ1v) is 8.64. The van der Waals surface area contributed by atoms with Gasteiger partial charge < -0.3 is 4.90 Å². The second-order valence-electron chi connectivity index (χ2n) is 4.69. The number of thiophene rings is 1. The zero-order chi connectivity index (χ0) is 13.8. The monoisotopic (exact) mass is 341 g/mol. The topological polar surface area (TPSA) is 29.0 Å². The van der Waals surface area contributed by atoms with Gasteiger partial charge in [0.15, 0.2) is 0 Å². The van der Waals surface area contributed by atoms with Crippen LogP contribution in [-0.2, 0) is 0 Å². The summed E-state index contributed by atoms with van der Waals surface area (Å²) in [5, 5.41) is 2.20. The Balaban J connectivity index is 2.46. The van der Waals surface area contributed by atoms with Gasteiger partial charge in [0.25, 0.3) is 0 Å². The van der Waals surface area contributed by atoms with E-state index in [0.29, 0.717) is 0 Å². The van der Waals surface area contributed by atoms with Gasteiger partial charge >= 0.3 is 0 Å². The number of nitrogens with zero attached hydrogens (tertiary/aromatic N) is 3. The summed E-state index contributed by atoms with van der Waals surface area (Å²) in [6, 6.07) is 0. The summed E-state index contributed by atoms with van der Waals surface area (Å²) in [5.74, 6) is 1.10. The van der Waals surface area contributed by atoms with Gasteiger partial charge in [-0.1, -0.05) is 29.3 Å². The zero-order valence-electron chi connectivity index (χ0n) is 11.7. The molecule has 19 heavy (non-hydrogen) atoms. The maximum Gasteiger partial charge on any atom is 0.141 e. The van der Waals surface area contributed by atoms with Crippen LogP contribution in [0.3, 0.4) is 0 Å². The Morgan fingerprint density at radius 2 is 2.05 bits per heavy atom. The minimum atomic E-state index is 0.963. The number of hydrogen-bond acceptors (Lipinski definition) is 4. The standard InChI is InChI=1S/C14H20BrN3S/c1-4-5-7-18(8-6-15)13-12-10(2)11(3)19-14(12)17-9-16-13/h9H,4-8H2,1-3H3. The second kappa shape index (κ2) is 6.66. The van der Waals surface area contributed by atoms with Crippen LogP contribution in [0.4, 0.5) is 5.82 Å². The van der Waals surface area contributed by atoms with E-state index in [-0.39, 0.29) is 0 Å². The molecule has 5 heteroatoms. The highest BCUT2D eigenvalue weighted by molar-refractivity contribution is 9.09. The van der Waals surface area contributed by atoms with Gasteiger partial charge in [-0.2, -0.15) is 0 Å². The number of rotatable bonds is 6. The van der Waals surface area contributed by atoms with Gasteiger partial charge in [-0.05, 0) is 25.8 Å². The van der Waals surface area contributed by atoms with Gasteiger partial charge in [0.1, 0.15) is 17.0 Å². The highest BCUT2D eigenvalue weighted by atomic mass is 79.9. The minimum absolute atomic E-state index is 0.963. The summed E-state index contributed by atoms with van der Waals surface area (Å²) >= 11 is 5.31. The second-order valence-corrected chi connectivity index (χ2v) is 6.69. The molecule has 0 saturated carbocycles. The Kier molecular flexibility index (Phi) is 5.16. The van der Waals surface area contributed by atoms with E-state index in [1.807, 2.05) is 0 Å². The van der Waals surface area contributed by atoms with Crippen molar-refractivity contribution in [2.75, 3.05) is 23.3 Å². The number of aryl methyl sites for hydroxylation is 2. The van der Waals surface area contributed by atoms with E-state index in [0.717, 1.165) is 29.1 Å². The number of aromatic nitrogens is 2. The molecule has 0 N–H and O–H groups in total. The first-order valence-electron chi connectivity index (χ1n) is 6.70. The normalized spacial score (nSPS) is 11.2. The molecule has 0 aliphatic carbocycles. The Morgan fingerprint density at radius 3 is 2.74 bits per heavy atom. The molecule has 0 atom stereocenters. The number of unbranched alkanes of at least 4 members (excludes halogenated alkanes) is 1. The lowest BCUT2D eigenvalue weighted by Crippen LogP contribution is -2.27. The van der Waals surface area contributed by atoms with Crippen LogP contribution in [0.15, 0.2) is 6.33 Å². The molecule has 0 unspecified atom stereocenters. The van der Waals surface area contributed by atoms with Crippen molar-refractivity contribution in [3.63, 3.8) is 0 Å². The highest BCUT2D eigenvalue weighted by Gasteiger charge is 2.16. The quantitative estimate of drug-likeness (QED) is 0.733. The number of hydrogen-bond donors (Lipinski definition) is 0. The molecule has 0 spiro atoms. The van der Waals surface area contributed by atoms with Crippen molar-refractivity contribution >= 4 is 43.3 Å². The molecule has 0 bridgehead atoms. The maximum atomic E-state index is 4.55. The zero-order valence-corrected chi connectivity index (χ0v) is 14.1. The first kappa shape index (κ1) is 14.7. The lowest BCUT2D eigenvalue weighted by atomic mass is 10.2. The first-order chi connectivity index (χ1) is 9.19. The van der Waals surface area contributed by atoms with Crippen LogP contribution in [0, 0.1) is 13.8 Å². The van der Waals surface area contributed by atoms with Crippen molar-refractivity contribution in [3.05, 3.63) is 16.8 Å². The van der Waals surface area contributed by atoms with Gasteiger partial charge in [-0.15, -0.1) is 11.3 Å². The summed E-state index contributed by atoms with van der Waals surface area (Å²) in [5.41, 5.74) is 1.33. The van der Waals surface area contributed by atoms with Crippen LogP contribution in [0.2, 0.25) is 0 Å². The van der Waals surface area contributed by atoms with Crippen molar-refractivity contribution in [3.8, 4) is 0 Å². The Bertz CT molecular complexity index is 553. The maximum absolute atomic E-state index is 4.55. The molecule has 0 amide bonds. The van der Waals surface area contributed by atoms with Gasteiger partial charge in [0.05, 0.1) is 5.39 Å². The van der Waals surface area contributed by atoms with Gasteiger partial charge in [-0.25, -0.2) is 9.97 Å². The van der Waals surface area contributed by atoms with E-state index in [2.05, 4.69) is 51.6 Å². The molecule has 0 fully saturated rings. The Labute approximate surface area is 127 Å². The van der Waals surface area contributed by atoms with E-state index in [4.69, 9.17) is 0 Å². The van der Waals surface area contributed by atoms with E-state index in [1.165, 1.54) is 28.7 Å². The molecule has 0 saturated heterocycles. The van der Waals surface area contributed by atoms with Crippen LogP contribution in [-0.4, -0.2) is 28.4 Å². The SMILES string of the molecule is CCCCN(CCBr)c1ncnc2sc(C)c(C)c12. The van der Waals surface area contributed by atoms with Gasteiger partial charge in [0, 0.05) is 23.3 Å². The lowest BCUT2D eigenvalue weighted by molar-refractivity contribution is 0.729. The fourth-order valence-corrected chi connectivity index (χ4v) is 3.60. The average molecular weight is 342 g/mol. The minimum Gasteiger partial charge on any atom is -0.355 e. The predicted molar refractivity (Wildman–Crippen MR) is 87.8 cm³/mol. The van der Waals surface area contributed by atoms with Crippen LogP contribution < -0.4 is 4.90 Å². The molecule has 2 aromatic rings. The van der Waals surface area contributed by atoms with Crippen molar-refractivity contribution in [2.24, 2.45) is 0 Å². The van der Waals surface area contributed by atoms with Crippen molar-refractivity contribution in [1.29, 1.82) is 0 Å². The molecule has 2 aromatic heterocycles. The molecular weight excluding hydrogens is 322 g/mol. The average Bonchev–Trinajstić information content (AvgIpc) is 2.70. The third-order valence-electron chi connectivity index (χ3n) is 3.38. The fourth-order valence-electron chi connectivity index (χ4n) is 2.18. The fraction of sp³-hybridized carbons (Fsp3) is 0.571. The molecule has 3 nitrogen and oxygen atoms in total. The number of halogens is 1. The third kappa shape index (κ3) is 3.08. The summed E-state index contributed by atoms with van der Waals surface area (Å²) in [7, 11) is 0. The van der Waals surface area contributed by atoms with Crippen LogP contribution in [0.25, 0.3) is 10.2 Å². The smallest absolute Gasteiger partial charge is 0.141 e. The van der Waals surface area contributed by atoms with E-state index >= 15 is 0 Å². The summed E-state index contributed by atoms with van der Waals surface area (Å²) in [6.07, 6.45) is 4.09. The largest absolute Gasteiger partial charge is 0.355 e. The van der Waals surface area contributed by atoms with E-state index < -0.39 is 0 Å². The highest BCUT2D eigenvalue weighted by Crippen LogP contribution is 2.34. The molecule has 0 radical (unpaired) electrons. The predicted octanol–water partition coefficient (Wildman–Crippen LogP) is 4.31. The van der Waals surface area contributed by atoms with E-state index in [1.54, 1.807) is 17.7 Å². The van der Waals surface area contributed by atoms with Crippen LogP contribution >= 0.6 is 27.3 Å². The van der Waals surface area contributed by atoms with E-state index in [9.17, 15) is 0 Å². The molecule has 2 rings (SSSR count). The summed E-state index contributed by atoms with van der Waals surface area (Å²) in [4.78, 5) is 13.8. The molecular formula is C14H20BrN3S. The lowest BCUT2D eigenvalue weighted by Gasteiger charge is -2.23. The van der Waals surface area contributed by atoms with Crippen molar-refractivity contribution in [2.45, 2.75) is 33.6 Å². The van der Waals surface area contributed by atoms with Gasteiger partial charge in [-0.3, -0.25) is 0 Å². The molecule has 0 aromatic carbocycles. The summed E-state index contributed by atoms with van der Waals surface area (Å²) < 4.78 is 0. The van der Waals surface area contributed by atoms with Crippen molar-refractivity contribution in [1.82, 2.24) is 9.97 Å². The molecule has 0 aliphatic heterocycles. The third-order valence-corrected chi connectivity index (χ3v) is 4.85. The molecule has 104 valence electrons. The Hall–Kier alpha value is -0.680. The molecule has 0 aliphatic rings. The van der Waals surface area contributed by atoms with Crippen molar-refractivity contribution < 1.29 is 0 Å². The summed E-state index contributed by atoms with van der Waals surface area (Å²) in [6.45, 7) is 8.60. The van der Waals surface area contributed by atoms with Gasteiger partial charge in [0.2, 0.25) is 0 Å². The molecule has 2 heterocycles. The Morgan fingerprint density at radius 1 is 1.26 bits per heavy atom. The number of anilines is 1. The number of alkyl halides is 1.